The summed E-state index contributed by atoms with van der Waals surface area (Å²) in [4.78, 5) is 0. The van der Waals surface area contributed by atoms with Gasteiger partial charge in [-0.3, -0.25) is 0 Å². The molecule has 0 bridgehead atoms. The molecule has 8 atom stereocenters. The molecule has 0 spiro atoms. The van der Waals surface area contributed by atoms with E-state index in [1.165, 1.54) is 64.2 Å². The first-order chi connectivity index (χ1) is 13.9. The van der Waals surface area contributed by atoms with E-state index in [-0.39, 0.29) is 0 Å². The molecule has 30 heavy (non-hydrogen) atoms. The van der Waals surface area contributed by atoms with Gasteiger partial charge in [0.25, 0.3) is 0 Å². The zero-order valence-corrected chi connectivity index (χ0v) is 21.5. The van der Waals surface area contributed by atoms with Gasteiger partial charge in [-0.05, 0) is 114 Å². The smallest absolute Gasteiger partial charge is 0.00801 e. The van der Waals surface area contributed by atoms with Crippen molar-refractivity contribution in [3.05, 3.63) is 11.6 Å². The highest BCUT2D eigenvalue weighted by Gasteiger charge is 2.67. The minimum atomic E-state index is 0.478. The van der Waals surface area contributed by atoms with Crippen LogP contribution in [-0.4, -0.2) is 0 Å². The molecule has 0 unspecified atom stereocenters. The van der Waals surface area contributed by atoms with Crippen molar-refractivity contribution in [2.45, 2.75) is 120 Å². The van der Waals surface area contributed by atoms with Crippen LogP contribution in [-0.2, 0) is 0 Å². The Balaban J connectivity index is 1.56. The molecule has 170 valence electrons. The standard InChI is InChI=1S/C30H50/c1-20(2)21-10-13-25-28(21,6)18-19-29(7)23-11-12-24-26(3,4)15-9-16-27(24,5)22(23)14-17-30(25,29)8/h14,20-21,23-25H,9-13,15-19H2,1-8H3/t21-,23+,24+,25+,27-,28-,29-,30+/m1/s1. The van der Waals surface area contributed by atoms with Gasteiger partial charge in [0.05, 0.1) is 0 Å². The Bertz CT molecular complexity index is 741. The lowest BCUT2D eigenvalue weighted by molar-refractivity contribution is -0.156. The molecule has 5 rings (SSSR count). The maximum Gasteiger partial charge on any atom is -0.00801 e. The van der Waals surface area contributed by atoms with Gasteiger partial charge in [0.1, 0.15) is 0 Å². The van der Waals surface area contributed by atoms with E-state index in [0.29, 0.717) is 27.1 Å². The summed E-state index contributed by atoms with van der Waals surface area (Å²) in [6, 6.07) is 0. The van der Waals surface area contributed by atoms with Crippen LogP contribution < -0.4 is 0 Å². The summed E-state index contributed by atoms with van der Waals surface area (Å²) in [5, 5.41) is 0. The van der Waals surface area contributed by atoms with Crippen molar-refractivity contribution in [1.29, 1.82) is 0 Å². The van der Waals surface area contributed by atoms with E-state index in [0.717, 1.165) is 29.6 Å². The average Bonchev–Trinajstić information content (AvgIpc) is 3.01. The molecule has 0 aromatic carbocycles. The third-order valence-electron chi connectivity index (χ3n) is 13.0. The van der Waals surface area contributed by atoms with Crippen LogP contribution in [0.4, 0.5) is 0 Å². The second-order valence-electron chi connectivity index (χ2n) is 14.6. The summed E-state index contributed by atoms with van der Waals surface area (Å²) in [7, 11) is 0. The Morgan fingerprint density at radius 3 is 2.17 bits per heavy atom. The zero-order chi connectivity index (χ0) is 21.7. The number of hydrogen-bond donors (Lipinski definition) is 0. The van der Waals surface area contributed by atoms with Crippen LogP contribution in [0.2, 0.25) is 0 Å². The van der Waals surface area contributed by atoms with Crippen molar-refractivity contribution in [3.8, 4) is 0 Å². The second-order valence-corrected chi connectivity index (χ2v) is 14.6. The molecule has 0 radical (unpaired) electrons. The first kappa shape index (κ1) is 21.6. The number of fused-ring (bicyclic) bond motifs is 7. The van der Waals surface area contributed by atoms with Crippen molar-refractivity contribution in [3.63, 3.8) is 0 Å². The van der Waals surface area contributed by atoms with Gasteiger partial charge in [0, 0.05) is 0 Å². The molecule has 0 aromatic heterocycles. The summed E-state index contributed by atoms with van der Waals surface area (Å²) in [6.45, 7) is 21.1. The molecular formula is C30H50. The monoisotopic (exact) mass is 410 g/mol. The van der Waals surface area contributed by atoms with Crippen LogP contribution in [0, 0.1) is 56.7 Å². The highest BCUT2D eigenvalue weighted by Crippen LogP contribution is 2.76. The Hall–Kier alpha value is -0.260. The van der Waals surface area contributed by atoms with Crippen molar-refractivity contribution >= 4 is 0 Å². The van der Waals surface area contributed by atoms with Gasteiger partial charge < -0.3 is 0 Å². The van der Waals surface area contributed by atoms with Gasteiger partial charge in [0.2, 0.25) is 0 Å². The molecule has 4 saturated carbocycles. The molecule has 0 aromatic rings. The first-order valence-electron chi connectivity index (χ1n) is 13.6. The van der Waals surface area contributed by atoms with Crippen LogP contribution in [0.5, 0.6) is 0 Å². The molecule has 0 heteroatoms. The van der Waals surface area contributed by atoms with E-state index in [2.05, 4.69) is 61.5 Å². The largest absolute Gasteiger partial charge is 0.0839 e. The van der Waals surface area contributed by atoms with Crippen LogP contribution in [0.15, 0.2) is 11.6 Å². The molecule has 4 fully saturated rings. The number of allylic oxidation sites excluding steroid dienone is 2. The van der Waals surface area contributed by atoms with Crippen LogP contribution in [0.3, 0.4) is 0 Å². The maximum atomic E-state index is 2.86. The average molecular weight is 411 g/mol. The lowest BCUT2D eigenvalue weighted by Crippen LogP contribution is -2.61. The van der Waals surface area contributed by atoms with E-state index in [9.17, 15) is 0 Å². The SMILES string of the molecule is CC(C)[C@H]1CC[C@H]2[C@]1(C)CC[C@]1(C)[C@H]3CC[C@H]4C(C)(C)CCC[C@]4(C)C3=CC[C@@]21C. The van der Waals surface area contributed by atoms with Crippen molar-refractivity contribution < 1.29 is 0 Å². The molecule has 5 aliphatic carbocycles. The highest BCUT2D eigenvalue weighted by atomic mass is 14.7. The number of hydrogen-bond acceptors (Lipinski definition) is 0. The summed E-state index contributed by atoms with van der Waals surface area (Å²) < 4.78 is 0. The molecule has 0 amide bonds. The van der Waals surface area contributed by atoms with E-state index in [1.54, 1.807) is 0 Å². The van der Waals surface area contributed by atoms with Crippen LogP contribution in [0.25, 0.3) is 0 Å². The lowest BCUT2D eigenvalue weighted by Gasteiger charge is -2.69. The summed E-state index contributed by atoms with van der Waals surface area (Å²) >= 11 is 0. The van der Waals surface area contributed by atoms with E-state index < -0.39 is 0 Å². The Morgan fingerprint density at radius 2 is 1.47 bits per heavy atom. The van der Waals surface area contributed by atoms with Gasteiger partial charge in [-0.2, -0.15) is 0 Å². The fourth-order valence-electron chi connectivity index (χ4n) is 11.3. The summed E-state index contributed by atoms with van der Waals surface area (Å²) in [5.41, 5.74) is 4.55. The molecule has 0 aliphatic heterocycles. The number of rotatable bonds is 1. The fraction of sp³-hybridized carbons (Fsp3) is 0.933. The fourth-order valence-corrected chi connectivity index (χ4v) is 11.3. The molecular weight excluding hydrogens is 360 g/mol. The van der Waals surface area contributed by atoms with E-state index in [1.807, 2.05) is 5.57 Å². The van der Waals surface area contributed by atoms with Gasteiger partial charge in [-0.25, -0.2) is 0 Å². The Kier molecular flexibility index (Phi) is 4.61. The van der Waals surface area contributed by atoms with E-state index >= 15 is 0 Å². The third kappa shape index (κ3) is 2.46. The van der Waals surface area contributed by atoms with Gasteiger partial charge >= 0.3 is 0 Å². The summed E-state index contributed by atoms with van der Waals surface area (Å²) in [5.74, 6) is 4.49. The van der Waals surface area contributed by atoms with Crippen LogP contribution in [0.1, 0.15) is 120 Å². The van der Waals surface area contributed by atoms with E-state index in [4.69, 9.17) is 0 Å². The second kappa shape index (κ2) is 6.41. The lowest BCUT2D eigenvalue weighted by atomic mass is 9.36. The Labute approximate surface area is 188 Å². The van der Waals surface area contributed by atoms with Gasteiger partial charge in [0.15, 0.2) is 0 Å². The predicted molar refractivity (Wildman–Crippen MR) is 129 cm³/mol. The first-order valence-corrected chi connectivity index (χ1v) is 13.6. The third-order valence-corrected chi connectivity index (χ3v) is 13.0. The molecule has 0 nitrogen and oxygen atoms in total. The molecule has 5 aliphatic rings. The highest BCUT2D eigenvalue weighted by molar-refractivity contribution is 5.32. The Morgan fingerprint density at radius 1 is 0.767 bits per heavy atom. The molecule has 0 N–H and O–H groups in total. The minimum absolute atomic E-state index is 0.478. The zero-order valence-electron chi connectivity index (χ0n) is 21.5. The molecule has 0 saturated heterocycles. The van der Waals surface area contributed by atoms with Crippen LogP contribution >= 0.6 is 0 Å². The van der Waals surface area contributed by atoms with Crippen molar-refractivity contribution in [1.82, 2.24) is 0 Å². The maximum absolute atomic E-state index is 2.86. The minimum Gasteiger partial charge on any atom is -0.0839 e. The normalized spacial score (nSPS) is 54.6. The summed E-state index contributed by atoms with van der Waals surface area (Å²) in [6.07, 6.45) is 17.4. The van der Waals surface area contributed by atoms with Gasteiger partial charge in [-0.1, -0.05) is 73.5 Å². The quantitative estimate of drug-likeness (QED) is 0.378. The van der Waals surface area contributed by atoms with Crippen molar-refractivity contribution in [2.75, 3.05) is 0 Å². The van der Waals surface area contributed by atoms with Crippen molar-refractivity contribution in [2.24, 2.45) is 56.7 Å². The predicted octanol–water partition coefficient (Wildman–Crippen LogP) is 9.05. The van der Waals surface area contributed by atoms with Gasteiger partial charge in [-0.15, -0.1) is 0 Å². The molecule has 0 heterocycles. The topological polar surface area (TPSA) is 0 Å².